The van der Waals surface area contributed by atoms with Crippen LogP contribution in [0.3, 0.4) is 0 Å². The Bertz CT molecular complexity index is 512. The zero-order chi connectivity index (χ0) is 12.8. The van der Waals surface area contributed by atoms with Crippen molar-refractivity contribution in [3.63, 3.8) is 0 Å². The highest BCUT2D eigenvalue weighted by molar-refractivity contribution is 5.92. The highest BCUT2D eigenvalue weighted by Crippen LogP contribution is 2.01. The third kappa shape index (κ3) is 3.00. The summed E-state index contributed by atoms with van der Waals surface area (Å²) in [7, 11) is 1.74. The first kappa shape index (κ1) is 12.0. The van der Waals surface area contributed by atoms with Crippen molar-refractivity contribution in [3.05, 3.63) is 47.9 Å². The lowest BCUT2D eigenvalue weighted by molar-refractivity contribution is 0.0944. The van der Waals surface area contributed by atoms with Crippen molar-refractivity contribution >= 4 is 11.7 Å². The molecule has 2 heterocycles. The minimum atomic E-state index is -0.268. The maximum Gasteiger partial charge on any atom is 0.272 e. The number of hydrogen-bond acceptors (Lipinski definition) is 5. The van der Waals surface area contributed by atoms with Crippen LogP contribution in [0.4, 0.5) is 5.82 Å². The van der Waals surface area contributed by atoms with E-state index >= 15 is 0 Å². The van der Waals surface area contributed by atoms with Crippen LogP contribution in [0.1, 0.15) is 16.2 Å². The lowest BCUT2D eigenvalue weighted by Crippen LogP contribution is -2.24. The molecule has 2 rings (SSSR count). The molecule has 0 aliphatic heterocycles. The number of carbonyl (C=O) groups excluding carboxylic acids is 1. The number of aromatic nitrogens is 3. The zero-order valence-corrected chi connectivity index (χ0v) is 9.92. The van der Waals surface area contributed by atoms with Crippen LogP contribution in [0.5, 0.6) is 0 Å². The summed E-state index contributed by atoms with van der Waals surface area (Å²) in [5.74, 6) is 0.354. The van der Waals surface area contributed by atoms with Crippen LogP contribution < -0.4 is 10.6 Å². The van der Waals surface area contributed by atoms with Crippen molar-refractivity contribution in [1.82, 2.24) is 20.5 Å². The van der Waals surface area contributed by atoms with Gasteiger partial charge >= 0.3 is 0 Å². The van der Waals surface area contributed by atoms with E-state index in [4.69, 9.17) is 0 Å². The molecule has 0 bridgehead atoms. The molecule has 0 saturated heterocycles. The highest BCUT2D eigenvalue weighted by atomic mass is 16.1. The Labute approximate surface area is 104 Å². The molecular weight excluding hydrogens is 230 g/mol. The maximum atomic E-state index is 11.8. The molecule has 0 spiro atoms. The van der Waals surface area contributed by atoms with Gasteiger partial charge in [0, 0.05) is 13.2 Å². The van der Waals surface area contributed by atoms with E-state index in [1.54, 1.807) is 25.4 Å². The smallest absolute Gasteiger partial charge is 0.272 e. The Morgan fingerprint density at radius 1 is 1.22 bits per heavy atom. The van der Waals surface area contributed by atoms with Gasteiger partial charge < -0.3 is 10.6 Å². The summed E-state index contributed by atoms with van der Waals surface area (Å²) in [6.45, 7) is 0.370. The summed E-state index contributed by atoms with van der Waals surface area (Å²) in [5, 5.41) is 13.2. The zero-order valence-electron chi connectivity index (χ0n) is 9.92. The van der Waals surface area contributed by atoms with Gasteiger partial charge in [-0.1, -0.05) is 6.07 Å². The number of rotatable bonds is 4. The number of nitrogens with zero attached hydrogens (tertiary/aromatic N) is 3. The van der Waals surface area contributed by atoms with E-state index in [0.717, 1.165) is 5.69 Å². The van der Waals surface area contributed by atoms with Gasteiger partial charge in [-0.25, -0.2) is 0 Å². The van der Waals surface area contributed by atoms with E-state index in [2.05, 4.69) is 25.8 Å². The van der Waals surface area contributed by atoms with E-state index in [0.29, 0.717) is 12.4 Å². The first-order valence-electron chi connectivity index (χ1n) is 5.49. The maximum absolute atomic E-state index is 11.8. The van der Waals surface area contributed by atoms with Crippen LogP contribution in [0.15, 0.2) is 36.5 Å². The molecule has 0 atom stereocenters. The molecule has 2 N–H and O–H groups in total. The van der Waals surface area contributed by atoms with Gasteiger partial charge in [-0.2, -0.15) is 0 Å². The van der Waals surface area contributed by atoms with Crippen LogP contribution >= 0.6 is 0 Å². The van der Waals surface area contributed by atoms with Gasteiger partial charge in [0.1, 0.15) is 5.82 Å². The van der Waals surface area contributed by atoms with E-state index in [1.807, 2.05) is 18.2 Å². The third-order valence-electron chi connectivity index (χ3n) is 2.31. The molecule has 1 amide bonds. The predicted octanol–water partition coefficient (Wildman–Crippen LogP) is 0.843. The monoisotopic (exact) mass is 243 g/mol. The fourth-order valence-electron chi connectivity index (χ4n) is 1.35. The predicted molar refractivity (Wildman–Crippen MR) is 67.0 cm³/mol. The van der Waals surface area contributed by atoms with Gasteiger partial charge in [-0.15, -0.1) is 10.2 Å². The quantitative estimate of drug-likeness (QED) is 0.832. The van der Waals surface area contributed by atoms with Crippen LogP contribution in [0.2, 0.25) is 0 Å². The summed E-state index contributed by atoms with van der Waals surface area (Å²) in [5.41, 5.74) is 1.08. The van der Waals surface area contributed by atoms with E-state index in [-0.39, 0.29) is 11.6 Å². The first-order chi connectivity index (χ1) is 8.79. The van der Waals surface area contributed by atoms with Crippen molar-refractivity contribution < 1.29 is 4.79 Å². The Kier molecular flexibility index (Phi) is 3.80. The van der Waals surface area contributed by atoms with Gasteiger partial charge in [-0.05, 0) is 24.3 Å². The highest BCUT2D eigenvalue weighted by Gasteiger charge is 2.07. The summed E-state index contributed by atoms with van der Waals surface area (Å²) >= 11 is 0. The molecule has 6 heteroatoms. The Balaban J connectivity index is 1.95. The Morgan fingerprint density at radius 3 is 2.72 bits per heavy atom. The van der Waals surface area contributed by atoms with Crippen molar-refractivity contribution in [1.29, 1.82) is 0 Å². The van der Waals surface area contributed by atoms with Crippen LogP contribution in [0.25, 0.3) is 0 Å². The number of amides is 1. The Hall–Kier alpha value is -2.50. The largest absolute Gasteiger partial charge is 0.372 e. The summed E-state index contributed by atoms with van der Waals surface area (Å²) in [6, 6.07) is 8.86. The SMILES string of the molecule is CNc1ccc(C(=O)NCc2ccccn2)nn1. The van der Waals surface area contributed by atoms with E-state index in [1.165, 1.54) is 0 Å². The van der Waals surface area contributed by atoms with Crippen molar-refractivity contribution in [3.8, 4) is 0 Å². The molecule has 18 heavy (non-hydrogen) atoms. The van der Waals surface area contributed by atoms with Gasteiger partial charge in [0.05, 0.1) is 12.2 Å². The van der Waals surface area contributed by atoms with E-state index < -0.39 is 0 Å². The molecule has 0 aliphatic rings. The van der Waals surface area contributed by atoms with Gasteiger partial charge in [-0.3, -0.25) is 9.78 Å². The van der Waals surface area contributed by atoms with Crippen molar-refractivity contribution in [2.45, 2.75) is 6.54 Å². The lowest BCUT2D eigenvalue weighted by Gasteiger charge is -2.04. The van der Waals surface area contributed by atoms with Crippen LogP contribution in [0, 0.1) is 0 Å². The summed E-state index contributed by atoms with van der Waals surface area (Å²) < 4.78 is 0. The average molecular weight is 243 g/mol. The summed E-state index contributed by atoms with van der Waals surface area (Å²) in [6.07, 6.45) is 1.68. The lowest BCUT2D eigenvalue weighted by atomic mass is 10.3. The molecule has 92 valence electrons. The molecule has 0 fully saturated rings. The van der Waals surface area contributed by atoms with Gasteiger partial charge in [0.25, 0.3) is 5.91 Å². The fraction of sp³-hybridized carbons (Fsp3) is 0.167. The minimum Gasteiger partial charge on any atom is -0.372 e. The fourth-order valence-corrected chi connectivity index (χ4v) is 1.35. The van der Waals surface area contributed by atoms with Crippen LogP contribution in [-0.4, -0.2) is 28.1 Å². The number of nitrogens with one attached hydrogen (secondary N) is 2. The standard InChI is InChI=1S/C12H13N5O/c1-13-11-6-5-10(16-17-11)12(18)15-8-9-4-2-3-7-14-9/h2-7H,8H2,1H3,(H,13,17)(H,15,18). The minimum absolute atomic E-state index is 0.268. The number of carbonyl (C=O) groups is 1. The molecule has 0 unspecified atom stereocenters. The third-order valence-corrected chi connectivity index (χ3v) is 2.31. The average Bonchev–Trinajstić information content (AvgIpc) is 2.46. The van der Waals surface area contributed by atoms with Crippen LogP contribution in [-0.2, 0) is 6.54 Å². The first-order valence-corrected chi connectivity index (χ1v) is 5.49. The molecule has 0 saturated carbocycles. The number of anilines is 1. The molecule has 0 aliphatic carbocycles. The Morgan fingerprint density at radius 2 is 2.11 bits per heavy atom. The second-order valence-corrected chi connectivity index (χ2v) is 3.56. The van der Waals surface area contributed by atoms with E-state index in [9.17, 15) is 4.79 Å². The normalized spacial score (nSPS) is 9.83. The number of hydrogen-bond donors (Lipinski definition) is 2. The van der Waals surface area contributed by atoms with Gasteiger partial charge in [0.15, 0.2) is 5.69 Å². The van der Waals surface area contributed by atoms with Gasteiger partial charge in [0.2, 0.25) is 0 Å². The molecular formula is C12H13N5O. The second-order valence-electron chi connectivity index (χ2n) is 3.56. The topological polar surface area (TPSA) is 79.8 Å². The molecule has 0 aromatic carbocycles. The summed E-state index contributed by atoms with van der Waals surface area (Å²) in [4.78, 5) is 15.9. The molecule has 2 aromatic heterocycles. The number of pyridine rings is 1. The van der Waals surface area contributed by atoms with Crippen molar-refractivity contribution in [2.75, 3.05) is 12.4 Å². The second kappa shape index (κ2) is 5.72. The molecule has 6 nitrogen and oxygen atoms in total. The molecule has 0 radical (unpaired) electrons. The molecule has 2 aromatic rings. The van der Waals surface area contributed by atoms with Crippen molar-refractivity contribution in [2.24, 2.45) is 0 Å².